The standard InChI is InChI=1S/C61H53N/c1-7-61(8-2,43-22-10-9-11-23-43)44-30-32-45(33-31-44)62(46-34-35-54-52(39-46)51-37-41-20-12-13-21-42(41)38-55(51)59(54,3)4)56-36-29-40-19-14-15-24-47(40)57(56)50-27-18-26-49-48-25-16-17-28-53(48)60(5,6)58(49)50/h9-39H,7-8H2,1-6H3. The third kappa shape index (κ3) is 5.53. The van der Waals surface area contributed by atoms with Crippen molar-refractivity contribution in [3.8, 4) is 33.4 Å². The molecule has 0 amide bonds. The number of nitrogens with zero attached hydrogens (tertiary/aromatic N) is 1. The number of hydrogen-bond donors (Lipinski definition) is 0. The van der Waals surface area contributed by atoms with Gasteiger partial charge in [0.15, 0.2) is 0 Å². The highest BCUT2D eigenvalue weighted by Crippen LogP contribution is 2.56. The van der Waals surface area contributed by atoms with Crippen LogP contribution in [0.4, 0.5) is 17.1 Å². The lowest BCUT2D eigenvalue weighted by Gasteiger charge is -2.34. The molecule has 0 saturated carbocycles. The quantitative estimate of drug-likeness (QED) is 0.148. The van der Waals surface area contributed by atoms with E-state index in [1.165, 1.54) is 94.0 Å². The van der Waals surface area contributed by atoms with Gasteiger partial charge in [-0.15, -0.1) is 0 Å². The van der Waals surface area contributed by atoms with E-state index in [4.69, 9.17) is 0 Å². The number of rotatable bonds is 8. The summed E-state index contributed by atoms with van der Waals surface area (Å²) in [6, 6.07) is 71.3. The molecule has 1 nitrogen and oxygen atoms in total. The first kappa shape index (κ1) is 38.2. The molecule has 2 aliphatic rings. The summed E-state index contributed by atoms with van der Waals surface area (Å²) in [5, 5.41) is 5.06. The zero-order valence-corrected chi connectivity index (χ0v) is 36.8. The summed E-state index contributed by atoms with van der Waals surface area (Å²) in [6.45, 7) is 14.3. The third-order valence-electron chi connectivity index (χ3n) is 15.0. The molecule has 2 aliphatic carbocycles. The molecule has 0 heterocycles. The van der Waals surface area contributed by atoms with Crippen molar-refractivity contribution in [3.63, 3.8) is 0 Å². The second-order valence-electron chi connectivity index (χ2n) is 18.7. The van der Waals surface area contributed by atoms with Crippen molar-refractivity contribution in [3.05, 3.63) is 221 Å². The van der Waals surface area contributed by atoms with Gasteiger partial charge >= 0.3 is 0 Å². The Labute approximate surface area is 367 Å². The lowest BCUT2D eigenvalue weighted by atomic mass is 9.70. The Balaban J connectivity index is 1.18. The van der Waals surface area contributed by atoms with E-state index in [9.17, 15) is 0 Å². The molecule has 0 aromatic heterocycles. The molecule has 0 N–H and O–H groups in total. The summed E-state index contributed by atoms with van der Waals surface area (Å²) in [5.74, 6) is 0. The number of benzene rings is 9. The van der Waals surface area contributed by atoms with Gasteiger partial charge in [-0.3, -0.25) is 0 Å². The Morgan fingerprint density at radius 2 is 0.984 bits per heavy atom. The summed E-state index contributed by atoms with van der Waals surface area (Å²) < 4.78 is 0. The van der Waals surface area contributed by atoms with Crippen LogP contribution in [0.5, 0.6) is 0 Å². The fourth-order valence-electron chi connectivity index (χ4n) is 11.7. The van der Waals surface area contributed by atoms with Gasteiger partial charge in [0.25, 0.3) is 0 Å². The highest BCUT2D eigenvalue weighted by atomic mass is 15.1. The molecule has 11 rings (SSSR count). The van der Waals surface area contributed by atoms with Gasteiger partial charge in [0.2, 0.25) is 0 Å². The maximum absolute atomic E-state index is 2.55. The lowest BCUT2D eigenvalue weighted by molar-refractivity contribution is 0.478. The zero-order chi connectivity index (χ0) is 42.4. The van der Waals surface area contributed by atoms with Crippen LogP contribution in [-0.4, -0.2) is 0 Å². The Bertz CT molecular complexity index is 3200. The van der Waals surface area contributed by atoms with Gasteiger partial charge in [-0.1, -0.05) is 187 Å². The molecule has 0 saturated heterocycles. The molecule has 62 heavy (non-hydrogen) atoms. The van der Waals surface area contributed by atoms with Gasteiger partial charge in [-0.2, -0.15) is 0 Å². The molecule has 0 spiro atoms. The highest BCUT2D eigenvalue weighted by molar-refractivity contribution is 6.08. The number of hydrogen-bond acceptors (Lipinski definition) is 1. The van der Waals surface area contributed by atoms with Crippen molar-refractivity contribution in [2.75, 3.05) is 4.90 Å². The van der Waals surface area contributed by atoms with Crippen molar-refractivity contribution in [2.24, 2.45) is 0 Å². The van der Waals surface area contributed by atoms with Gasteiger partial charge in [0.1, 0.15) is 0 Å². The van der Waals surface area contributed by atoms with E-state index in [1.807, 2.05) is 0 Å². The Morgan fingerprint density at radius 1 is 0.403 bits per heavy atom. The largest absolute Gasteiger partial charge is 0.310 e. The van der Waals surface area contributed by atoms with E-state index in [-0.39, 0.29) is 16.2 Å². The molecular formula is C61H53N. The minimum Gasteiger partial charge on any atom is -0.310 e. The summed E-state index contributed by atoms with van der Waals surface area (Å²) in [5.41, 5.74) is 19.2. The van der Waals surface area contributed by atoms with Crippen LogP contribution in [0.3, 0.4) is 0 Å². The maximum Gasteiger partial charge on any atom is 0.0546 e. The van der Waals surface area contributed by atoms with Crippen molar-refractivity contribution >= 4 is 38.6 Å². The van der Waals surface area contributed by atoms with Gasteiger partial charge in [-0.05, 0) is 138 Å². The van der Waals surface area contributed by atoms with Crippen molar-refractivity contribution in [1.82, 2.24) is 0 Å². The fourth-order valence-corrected chi connectivity index (χ4v) is 11.7. The monoisotopic (exact) mass is 799 g/mol. The minimum atomic E-state index is -0.185. The van der Waals surface area contributed by atoms with Gasteiger partial charge in [0, 0.05) is 33.2 Å². The molecule has 302 valence electrons. The van der Waals surface area contributed by atoms with Crippen LogP contribution in [0.15, 0.2) is 188 Å². The highest BCUT2D eigenvalue weighted by Gasteiger charge is 2.40. The molecule has 1 heteroatoms. The molecule has 9 aromatic rings. The topological polar surface area (TPSA) is 3.24 Å². The van der Waals surface area contributed by atoms with E-state index < -0.39 is 0 Å². The van der Waals surface area contributed by atoms with Crippen molar-refractivity contribution in [2.45, 2.75) is 70.6 Å². The Morgan fingerprint density at radius 3 is 1.74 bits per heavy atom. The van der Waals surface area contributed by atoms with Gasteiger partial charge in [0.05, 0.1) is 5.69 Å². The predicted octanol–water partition coefficient (Wildman–Crippen LogP) is 16.8. The second-order valence-corrected chi connectivity index (χ2v) is 18.7. The fraction of sp³-hybridized carbons (Fsp3) is 0.180. The summed E-state index contributed by atoms with van der Waals surface area (Å²) in [6.07, 6.45) is 2.05. The predicted molar refractivity (Wildman–Crippen MR) is 265 cm³/mol. The number of anilines is 3. The van der Waals surface area contributed by atoms with Gasteiger partial charge in [-0.25, -0.2) is 0 Å². The van der Waals surface area contributed by atoms with E-state index >= 15 is 0 Å². The van der Waals surface area contributed by atoms with Crippen LogP contribution in [0.2, 0.25) is 0 Å². The van der Waals surface area contributed by atoms with Crippen LogP contribution in [0.25, 0.3) is 54.9 Å². The summed E-state index contributed by atoms with van der Waals surface area (Å²) >= 11 is 0. The van der Waals surface area contributed by atoms with E-state index in [2.05, 4.69) is 234 Å². The first-order chi connectivity index (χ1) is 30.2. The van der Waals surface area contributed by atoms with Crippen molar-refractivity contribution < 1.29 is 0 Å². The minimum absolute atomic E-state index is 0.0739. The van der Waals surface area contributed by atoms with Crippen molar-refractivity contribution in [1.29, 1.82) is 0 Å². The van der Waals surface area contributed by atoms with E-state index in [0.717, 1.165) is 24.2 Å². The lowest BCUT2D eigenvalue weighted by Crippen LogP contribution is -2.26. The molecule has 0 unspecified atom stereocenters. The maximum atomic E-state index is 2.55. The van der Waals surface area contributed by atoms with Crippen LogP contribution in [0.1, 0.15) is 87.8 Å². The molecule has 0 aliphatic heterocycles. The SMILES string of the molecule is CCC(CC)(c1ccccc1)c1ccc(N(c2ccc3c(c2)-c2cc4ccccc4cc2C3(C)C)c2ccc3ccccc3c2-c2cccc3c2C(C)(C)c2ccccc2-3)cc1. The Kier molecular flexibility index (Phi) is 8.75. The summed E-state index contributed by atoms with van der Waals surface area (Å²) in [4.78, 5) is 2.55. The van der Waals surface area contributed by atoms with Gasteiger partial charge < -0.3 is 4.90 Å². The number of fused-ring (bicyclic) bond motifs is 8. The summed E-state index contributed by atoms with van der Waals surface area (Å²) in [7, 11) is 0. The molecule has 9 aromatic carbocycles. The first-order valence-corrected chi connectivity index (χ1v) is 22.6. The molecule has 0 radical (unpaired) electrons. The van der Waals surface area contributed by atoms with Crippen LogP contribution in [0, 0.1) is 0 Å². The molecule has 0 atom stereocenters. The van der Waals surface area contributed by atoms with Crippen LogP contribution < -0.4 is 4.90 Å². The first-order valence-electron chi connectivity index (χ1n) is 22.6. The Hall–Kier alpha value is -6.70. The smallest absolute Gasteiger partial charge is 0.0546 e. The average molecular weight is 800 g/mol. The zero-order valence-electron chi connectivity index (χ0n) is 36.8. The van der Waals surface area contributed by atoms with Crippen LogP contribution in [-0.2, 0) is 16.2 Å². The second kappa shape index (κ2) is 14.2. The molecule has 0 fully saturated rings. The average Bonchev–Trinajstić information content (AvgIpc) is 3.68. The normalized spacial score (nSPS) is 14.4. The van der Waals surface area contributed by atoms with E-state index in [0.29, 0.717) is 0 Å². The third-order valence-corrected chi connectivity index (χ3v) is 15.0. The molecular weight excluding hydrogens is 747 g/mol. The van der Waals surface area contributed by atoms with Crippen LogP contribution >= 0.6 is 0 Å². The molecule has 0 bridgehead atoms. The van der Waals surface area contributed by atoms with E-state index in [1.54, 1.807) is 0 Å².